The summed E-state index contributed by atoms with van der Waals surface area (Å²) in [7, 11) is 0. The SMILES string of the molecule is CC(Cl)CCCCl.Cl.Cl. The lowest BCUT2D eigenvalue weighted by molar-refractivity contribution is 0.784. The Bertz CT molecular complexity index is 37.9. The van der Waals surface area contributed by atoms with Gasteiger partial charge in [0, 0.05) is 11.3 Å². The lowest BCUT2D eigenvalue weighted by Crippen LogP contribution is -1.89. The lowest BCUT2D eigenvalue weighted by atomic mass is 10.3. The van der Waals surface area contributed by atoms with Crippen LogP contribution in [0, 0.1) is 0 Å². The first-order valence-corrected chi connectivity index (χ1v) is 3.44. The van der Waals surface area contributed by atoms with Crippen molar-refractivity contribution in [3.63, 3.8) is 0 Å². The molecule has 0 amide bonds. The molecule has 0 nitrogen and oxygen atoms in total. The topological polar surface area (TPSA) is 0 Å². The van der Waals surface area contributed by atoms with Crippen LogP contribution in [0.25, 0.3) is 0 Å². The summed E-state index contributed by atoms with van der Waals surface area (Å²) in [5, 5.41) is 0.291. The first-order chi connectivity index (χ1) is 3.27. The zero-order valence-electron chi connectivity index (χ0n) is 5.27. The van der Waals surface area contributed by atoms with Gasteiger partial charge in [0.1, 0.15) is 0 Å². The summed E-state index contributed by atoms with van der Waals surface area (Å²) in [6, 6.07) is 0. The van der Waals surface area contributed by atoms with Gasteiger partial charge < -0.3 is 0 Å². The van der Waals surface area contributed by atoms with E-state index in [-0.39, 0.29) is 24.8 Å². The second-order valence-electron chi connectivity index (χ2n) is 1.61. The summed E-state index contributed by atoms with van der Waals surface area (Å²) < 4.78 is 0. The highest BCUT2D eigenvalue weighted by Gasteiger charge is 1.91. The molecular weight excluding hydrogens is 202 g/mol. The molecule has 0 fully saturated rings. The minimum atomic E-state index is 0. The van der Waals surface area contributed by atoms with Gasteiger partial charge in [-0.2, -0.15) is 0 Å². The van der Waals surface area contributed by atoms with Crippen LogP contribution in [-0.2, 0) is 0 Å². The summed E-state index contributed by atoms with van der Waals surface area (Å²) in [5.74, 6) is 0.733. The Morgan fingerprint density at radius 1 is 1.33 bits per heavy atom. The molecule has 4 heteroatoms. The Morgan fingerprint density at radius 2 is 1.78 bits per heavy atom. The van der Waals surface area contributed by atoms with Crippen molar-refractivity contribution in [3.05, 3.63) is 0 Å². The molecule has 0 bridgehead atoms. The van der Waals surface area contributed by atoms with E-state index in [0.29, 0.717) is 5.38 Å². The molecule has 1 unspecified atom stereocenters. The van der Waals surface area contributed by atoms with Crippen LogP contribution in [0.3, 0.4) is 0 Å². The highest BCUT2D eigenvalue weighted by Crippen LogP contribution is 2.03. The fourth-order valence-electron chi connectivity index (χ4n) is 0.358. The van der Waals surface area contributed by atoms with Gasteiger partial charge in [-0.1, -0.05) is 0 Å². The molecule has 0 spiro atoms. The van der Waals surface area contributed by atoms with Crippen LogP contribution in [0.15, 0.2) is 0 Å². The van der Waals surface area contributed by atoms with Crippen LogP contribution >= 0.6 is 48.0 Å². The van der Waals surface area contributed by atoms with Crippen LogP contribution in [0.4, 0.5) is 0 Å². The third-order valence-corrected chi connectivity index (χ3v) is 1.22. The quantitative estimate of drug-likeness (QED) is 0.630. The zero-order valence-corrected chi connectivity index (χ0v) is 8.42. The lowest BCUT2D eigenvalue weighted by Gasteiger charge is -1.95. The molecule has 0 rings (SSSR count). The van der Waals surface area contributed by atoms with Crippen molar-refractivity contribution in [3.8, 4) is 0 Å². The number of hydrogen-bond acceptors (Lipinski definition) is 0. The molecule has 60 valence electrons. The zero-order chi connectivity index (χ0) is 5.70. The minimum absolute atomic E-state index is 0. The normalized spacial score (nSPS) is 11.0. The Hall–Kier alpha value is 1.16. The predicted molar refractivity (Wildman–Crippen MR) is 49.8 cm³/mol. The average molecular weight is 214 g/mol. The fourth-order valence-corrected chi connectivity index (χ4v) is 0.667. The predicted octanol–water partition coefficient (Wildman–Crippen LogP) is 3.48. The van der Waals surface area contributed by atoms with Gasteiger partial charge in [0.05, 0.1) is 0 Å². The van der Waals surface area contributed by atoms with Gasteiger partial charge in [0.25, 0.3) is 0 Å². The summed E-state index contributed by atoms with van der Waals surface area (Å²) in [4.78, 5) is 0. The van der Waals surface area contributed by atoms with E-state index in [1.165, 1.54) is 0 Å². The van der Waals surface area contributed by atoms with Gasteiger partial charge in [0.2, 0.25) is 0 Å². The van der Waals surface area contributed by atoms with Crippen molar-refractivity contribution < 1.29 is 0 Å². The molecule has 1 atom stereocenters. The third-order valence-electron chi connectivity index (χ3n) is 0.736. The molecule has 0 aromatic rings. The van der Waals surface area contributed by atoms with Gasteiger partial charge in [-0.3, -0.25) is 0 Å². The van der Waals surface area contributed by atoms with E-state index in [9.17, 15) is 0 Å². The van der Waals surface area contributed by atoms with E-state index >= 15 is 0 Å². The van der Waals surface area contributed by atoms with E-state index in [2.05, 4.69) is 0 Å². The smallest absolute Gasteiger partial charge is 0.0308 e. The second-order valence-corrected chi connectivity index (χ2v) is 2.73. The van der Waals surface area contributed by atoms with E-state index < -0.39 is 0 Å². The molecule has 0 aromatic heterocycles. The molecule has 0 saturated carbocycles. The van der Waals surface area contributed by atoms with Crippen molar-refractivity contribution in [2.75, 3.05) is 5.88 Å². The number of alkyl halides is 2. The summed E-state index contributed by atoms with van der Waals surface area (Å²) in [5.41, 5.74) is 0. The van der Waals surface area contributed by atoms with Crippen LogP contribution in [-0.4, -0.2) is 11.3 Å². The van der Waals surface area contributed by atoms with Crippen LogP contribution < -0.4 is 0 Å². The maximum atomic E-state index is 5.60. The number of halogens is 4. The van der Waals surface area contributed by atoms with Crippen LogP contribution in [0.2, 0.25) is 0 Å². The van der Waals surface area contributed by atoms with Crippen LogP contribution in [0.1, 0.15) is 19.8 Å². The van der Waals surface area contributed by atoms with E-state index in [4.69, 9.17) is 23.2 Å². The third kappa shape index (κ3) is 17.6. The van der Waals surface area contributed by atoms with Gasteiger partial charge >= 0.3 is 0 Å². The molecule has 0 radical (unpaired) electrons. The second kappa shape index (κ2) is 11.9. The Balaban J connectivity index is -0.000000180. The minimum Gasteiger partial charge on any atom is -0.147 e. The Kier molecular flexibility index (Phi) is 22.0. The summed E-state index contributed by atoms with van der Waals surface area (Å²) in [6.07, 6.45) is 2.07. The molecule has 0 aliphatic rings. The van der Waals surface area contributed by atoms with Crippen molar-refractivity contribution in [1.82, 2.24) is 0 Å². The molecular formula is C5H12Cl4. The maximum absolute atomic E-state index is 5.60. The molecule has 9 heavy (non-hydrogen) atoms. The van der Waals surface area contributed by atoms with Crippen molar-refractivity contribution in [2.24, 2.45) is 0 Å². The van der Waals surface area contributed by atoms with Gasteiger partial charge in [0.15, 0.2) is 0 Å². The van der Waals surface area contributed by atoms with Crippen molar-refractivity contribution >= 4 is 48.0 Å². The Morgan fingerprint density at radius 3 is 1.89 bits per heavy atom. The standard InChI is InChI=1S/C5H10Cl2.2ClH/c1-5(7)3-2-4-6;;/h5H,2-4H2,1H3;2*1H. The van der Waals surface area contributed by atoms with Gasteiger partial charge in [-0.25, -0.2) is 0 Å². The molecule has 0 aliphatic carbocycles. The summed E-state index contributed by atoms with van der Waals surface area (Å²) in [6.45, 7) is 1.98. The van der Waals surface area contributed by atoms with Crippen molar-refractivity contribution in [2.45, 2.75) is 25.1 Å². The fraction of sp³-hybridized carbons (Fsp3) is 1.00. The first kappa shape index (κ1) is 16.6. The molecule has 0 aliphatic heterocycles. The van der Waals surface area contributed by atoms with E-state index in [1.807, 2.05) is 6.92 Å². The van der Waals surface area contributed by atoms with Gasteiger partial charge in [-0.15, -0.1) is 48.0 Å². The molecule has 0 saturated heterocycles. The molecule has 0 heterocycles. The molecule has 0 N–H and O–H groups in total. The van der Waals surface area contributed by atoms with E-state index in [0.717, 1.165) is 18.7 Å². The molecule has 0 aromatic carbocycles. The summed E-state index contributed by atoms with van der Waals surface area (Å²) >= 11 is 11.0. The monoisotopic (exact) mass is 212 g/mol. The van der Waals surface area contributed by atoms with Crippen LogP contribution in [0.5, 0.6) is 0 Å². The van der Waals surface area contributed by atoms with E-state index in [1.54, 1.807) is 0 Å². The number of rotatable bonds is 3. The highest BCUT2D eigenvalue weighted by molar-refractivity contribution is 6.20. The number of hydrogen-bond donors (Lipinski definition) is 0. The highest BCUT2D eigenvalue weighted by atomic mass is 35.5. The maximum Gasteiger partial charge on any atom is 0.0308 e. The largest absolute Gasteiger partial charge is 0.147 e. The van der Waals surface area contributed by atoms with Crippen molar-refractivity contribution in [1.29, 1.82) is 0 Å². The first-order valence-electron chi connectivity index (χ1n) is 2.47. The Labute approximate surface area is 79.1 Å². The average Bonchev–Trinajstić information content (AvgIpc) is 1.61. The van der Waals surface area contributed by atoms with Gasteiger partial charge in [-0.05, 0) is 19.8 Å².